The SMILES string of the molecule is N#CCc1ccc(C#CC2CO2)cc1. The van der Waals surface area contributed by atoms with Crippen LogP contribution in [0.15, 0.2) is 24.3 Å². The minimum atomic E-state index is 0.147. The average molecular weight is 183 g/mol. The topological polar surface area (TPSA) is 36.3 Å². The van der Waals surface area contributed by atoms with Gasteiger partial charge < -0.3 is 4.74 Å². The standard InChI is InChI=1S/C12H9NO/c13-8-7-11-3-1-10(2-4-11)5-6-12-9-14-12/h1-4,12H,7,9H2. The van der Waals surface area contributed by atoms with Crippen LogP contribution in [0.4, 0.5) is 0 Å². The van der Waals surface area contributed by atoms with Crippen molar-refractivity contribution in [1.29, 1.82) is 5.26 Å². The third-order valence-corrected chi connectivity index (χ3v) is 1.95. The Morgan fingerprint density at radius 1 is 1.36 bits per heavy atom. The average Bonchev–Trinajstić information content (AvgIpc) is 3.01. The van der Waals surface area contributed by atoms with Crippen molar-refractivity contribution in [2.24, 2.45) is 0 Å². The highest BCUT2D eigenvalue weighted by Crippen LogP contribution is 2.08. The van der Waals surface area contributed by atoms with E-state index in [4.69, 9.17) is 10.00 Å². The lowest BCUT2D eigenvalue weighted by atomic mass is 10.1. The van der Waals surface area contributed by atoms with Gasteiger partial charge in [0, 0.05) is 5.56 Å². The summed E-state index contributed by atoms with van der Waals surface area (Å²) in [5.41, 5.74) is 2.00. The van der Waals surface area contributed by atoms with E-state index in [-0.39, 0.29) is 6.10 Å². The summed E-state index contributed by atoms with van der Waals surface area (Å²) >= 11 is 0. The van der Waals surface area contributed by atoms with Crippen molar-refractivity contribution in [2.45, 2.75) is 12.5 Å². The molecule has 0 radical (unpaired) electrons. The number of nitrogens with zero attached hydrogens (tertiary/aromatic N) is 1. The second-order valence-corrected chi connectivity index (χ2v) is 3.12. The lowest BCUT2D eigenvalue weighted by Gasteiger charge is -1.93. The quantitative estimate of drug-likeness (QED) is 0.488. The maximum Gasteiger partial charge on any atom is 0.142 e. The molecule has 0 N–H and O–H groups in total. The van der Waals surface area contributed by atoms with E-state index in [2.05, 4.69) is 17.9 Å². The van der Waals surface area contributed by atoms with Crippen molar-refractivity contribution < 1.29 is 4.74 Å². The molecule has 14 heavy (non-hydrogen) atoms. The number of rotatable bonds is 1. The number of hydrogen-bond acceptors (Lipinski definition) is 2. The minimum Gasteiger partial charge on any atom is -0.359 e. The van der Waals surface area contributed by atoms with Crippen molar-refractivity contribution in [3.8, 4) is 17.9 Å². The summed E-state index contributed by atoms with van der Waals surface area (Å²) < 4.78 is 4.98. The lowest BCUT2D eigenvalue weighted by Crippen LogP contribution is -1.82. The maximum absolute atomic E-state index is 8.48. The van der Waals surface area contributed by atoms with Crippen molar-refractivity contribution in [3.05, 3.63) is 35.4 Å². The highest BCUT2D eigenvalue weighted by molar-refractivity contribution is 5.37. The van der Waals surface area contributed by atoms with Crippen LogP contribution in [0, 0.1) is 23.2 Å². The Morgan fingerprint density at radius 3 is 2.64 bits per heavy atom. The first kappa shape index (κ1) is 8.81. The molecular formula is C12H9NO. The van der Waals surface area contributed by atoms with Gasteiger partial charge in [0.05, 0.1) is 19.1 Å². The van der Waals surface area contributed by atoms with Crippen LogP contribution in [0.1, 0.15) is 11.1 Å². The van der Waals surface area contributed by atoms with Crippen LogP contribution >= 0.6 is 0 Å². The summed E-state index contributed by atoms with van der Waals surface area (Å²) in [6.07, 6.45) is 0.605. The van der Waals surface area contributed by atoms with E-state index in [0.717, 1.165) is 17.7 Å². The van der Waals surface area contributed by atoms with Crippen LogP contribution in [0.3, 0.4) is 0 Å². The molecule has 0 bridgehead atoms. The summed E-state index contributed by atoms with van der Waals surface area (Å²) in [5.74, 6) is 6.01. The molecule has 1 aliphatic heterocycles. The molecule has 1 atom stereocenters. The molecule has 1 fully saturated rings. The first-order valence-corrected chi connectivity index (χ1v) is 4.47. The van der Waals surface area contributed by atoms with Crippen molar-refractivity contribution in [2.75, 3.05) is 6.61 Å². The molecule has 0 aliphatic carbocycles. The number of hydrogen-bond donors (Lipinski definition) is 0. The molecule has 68 valence electrons. The molecule has 1 unspecified atom stereocenters. The molecule has 1 saturated heterocycles. The van der Waals surface area contributed by atoms with Gasteiger partial charge in [-0.25, -0.2) is 0 Å². The first-order valence-electron chi connectivity index (χ1n) is 4.47. The van der Waals surface area contributed by atoms with E-state index in [1.807, 2.05) is 24.3 Å². The van der Waals surface area contributed by atoms with Gasteiger partial charge in [-0.05, 0) is 17.7 Å². The summed E-state index contributed by atoms with van der Waals surface area (Å²) in [5, 5.41) is 8.48. The molecule has 0 aromatic heterocycles. The molecule has 2 heteroatoms. The maximum atomic E-state index is 8.48. The fourth-order valence-electron chi connectivity index (χ4n) is 1.09. The lowest BCUT2D eigenvalue weighted by molar-refractivity contribution is 0.445. The molecule has 2 nitrogen and oxygen atoms in total. The molecule has 1 aliphatic rings. The van der Waals surface area contributed by atoms with E-state index in [1.165, 1.54) is 0 Å². The van der Waals surface area contributed by atoms with E-state index >= 15 is 0 Å². The van der Waals surface area contributed by atoms with Crippen LogP contribution < -0.4 is 0 Å². The molecule has 0 spiro atoms. The second-order valence-electron chi connectivity index (χ2n) is 3.12. The Labute approximate surface area is 83.1 Å². The van der Waals surface area contributed by atoms with Gasteiger partial charge in [0.1, 0.15) is 6.10 Å². The highest BCUT2D eigenvalue weighted by atomic mass is 16.6. The minimum absolute atomic E-state index is 0.147. The van der Waals surface area contributed by atoms with Gasteiger partial charge in [-0.1, -0.05) is 24.0 Å². The van der Waals surface area contributed by atoms with E-state index in [1.54, 1.807) is 0 Å². The predicted octanol–water partition coefficient (Wildman–Crippen LogP) is 1.50. The summed E-state index contributed by atoms with van der Waals surface area (Å²) in [4.78, 5) is 0. The molecule has 1 aromatic carbocycles. The second kappa shape index (κ2) is 3.96. The molecule has 0 saturated carbocycles. The van der Waals surface area contributed by atoms with Crippen LogP contribution in [-0.2, 0) is 11.2 Å². The predicted molar refractivity (Wildman–Crippen MR) is 52.4 cm³/mol. The Hall–Kier alpha value is -1.77. The summed E-state index contributed by atoms with van der Waals surface area (Å²) in [7, 11) is 0. The monoisotopic (exact) mass is 183 g/mol. The zero-order valence-corrected chi connectivity index (χ0v) is 7.66. The molecule has 1 heterocycles. The summed E-state index contributed by atoms with van der Waals surface area (Å²) in [6.45, 7) is 0.763. The zero-order chi connectivity index (χ0) is 9.80. The van der Waals surface area contributed by atoms with Crippen molar-refractivity contribution >= 4 is 0 Å². The fraction of sp³-hybridized carbons (Fsp3) is 0.250. The van der Waals surface area contributed by atoms with E-state index in [9.17, 15) is 0 Å². The Morgan fingerprint density at radius 2 is 2.07 bits per heavy atom. The fourth-order valence-corrected chi connectivity index (χ4v) is 1.09. The normalized spacial score (nSPS) is 17.8. The van der Waals surface area contributed by atoms with Crippen LogP contribution in [0.5, 0.6) is 0 Å². The van der Waals surface area contributed by atoms with E-state index in [0.29, 0.717) is 6.42 Å². The van der Waals surface area contributed by atoms with Gasteiger partial charge >= 0.3 is 0 Å². The van der Waals surface area contributed by atoms with Gasteiger partial charge in [-0.2, -0.15) is 5.26 Å². The van der Waals surface area contributed by atoms with E-state index < -0.39 is 0 Å². The number of epoxide rings is 1. The largest absolute Gasteiger partial charge is 0.359 e. The van der Waals surface area contributed by atoms with Gasteiger partial charge in [-0.3, -0.25) is 0 Å². The molecule has 0 amide bonds. The first-order chi connectivity index (χ1) is 6.88. The number of benzene rings is 1. The van der Waals surface area contributed by atoms with Gasteiger partial charge in [0.15, 0.2) is 0 Å². The molecule has 2 rings (SSSR count). The number of ether oxygens (including phenoxy) is 1. The molecular weight excluding hydrogens is 174 g/mol. The number of nitriles is 1. The van der Waals surface area contributed by atoms with Gasteiger partial charge in [-0.15, -0.1) is 0 Å². The van der Waals surface area contributed by atoms with Gasteiger partial charge in [0.25, 0.3) is 0 Å². The van der Waals surface area contributed by atoms with Crippen LogP contribution in [0.2, 0.25) is 0 Å². The smallest absolute Gasteiger partial charge is 0.142 e. The third-order valence-electron chi connectivity index (χ3n) is 1.95. The zero-order valence-electron chi connectivity index (χ0n) is 7.66. The van der Waals surface area contributed by atoms with Crippen molar-refractivity contribution in [1.82, 2.24) is 0 Å². The van der Waals surface area contributed by atoms with Crippen LogP contribution in [0.25, 0.3) is 0 Å². The molecule has 1 aromatic rings. The third kappa shape index (κ3) is 2.36. The Kier molecular flexibility index (Phi) is 2.49. The van der Waals surface area contributed by atoms with Crippen molar-refractivity contribution in [3.63, 3.8) is 0 Å². The summed E-state index contributed by atoms with van der Waals surface area (Å²) in [6, 6.07) is 9.84. The van der Waals surface area contributed by atoms with Crippen LogP contribution in [-0.4, -0.2) is 12.7 Å². The highest BCUT2D eigenvalue weighted by Gasteiger charge is 2.18. The van der Waals surface area contributed by atoms with Gasteiger partial charge in [0.2, 0.25) is 0 Å². The Balaban J connectivity index is 2.07. The Bertz CT molecular complexity index is 412.